The maximum atomic E-state index is 10.8. The molecule has 2 N–H and O–H groups in total. The number of benzene rings is 1. The number of fused-ring (bicyclic) bond motifs is 1. The van der Waals surface area contributed by atoms with Gasteiger partial charge in [-0.3, -0.25) is 0 Å². The van der Waals surface area contributed by atoms with Gasteiger partial charge in [0, 0.05) is 18.0 Å². The van der Waals surface area contributed by atoms with Crippen LogP contribution in [0.3, 0.4) is 0 Å². The lowest BCUT2D eigenvalue weighted by Crippen LogP contribution is -2.48. The van der Waals surface area contributed by atoms with Crippen LogP contribution in [0.5, 0.6) is 5.75 Å². The second-order valence-electron chi connectivity index (χ2n) is 4.41. The summed E-state index contributed by atoms with van der Waals surface area (Å²) in [5, 5.41) is 14.0. The minimum atomic E-state index is -0.815. The van der Waals surface area contributed by atoms with Crippen molar-refractivity contribution in [2.24, 2.45) is 5.92 Å². The molecule has 2 unspecified atom stereocenters. The van der Waals surface area contributed by atoms with E-state index in [1.165, 1.54) is 0 Å². The summed E-state index contributed by atoms with van der Waals surface area (Å²) < 4.78 is 5.62. The van der Waals surface area contributed by atoms with Gasteiger partial charge in [-0.2, -0.15) is 0 Å². The van der Waals surface area contributed by atoms with Crippen molar-refractivity contribution in [3.63, 3.8) is 0 Å². The first kappa shape index (κ1) is 11.4. The van der Waals surface area contributed by atoms with Crippen LogP contribution >= 0.6 is 0 Å². The van der Waals surface area contributed by atoms with Crippen LogP contribution in [0.2, 0.25) is 0 Å². The average Bonchev–Trinajstić information content (AvgIpc) is 2.32. The smallest absolute Gasteiger partial charge is 0.125 e. The third kappa shape index (κ3) is 1.81. The van der Waals surface area contributed by atoms with Crippen molar-refractivity contribution in [1.29, 1.82) is 0 Å². The largest absolute Gasteiger partial charge is 0.493 e. The first-order valence-electron chi connectivity index (χ1n) is 5.84. The lowest BCUT2D eigenvalue weighted by atomic mass is 9.80. The summed E-state index contributed by atoms with van der Waals surface area (Å²) >= 11 is 0. The summed E-state index contributed by atoms with van der Waals surface area (Å²) in [4.78, 5) is 0. The number of hydrogen-bond donors (Lipinski definition) is 2. The van der Waals surface area contributed by atoms with E-state index in [0.717, 1.165) is 17.9 Å². The fourth-order valence-electron chi connectivity index (χ4n) is 2.15. The number of ether oxygens (including phenoxy) is 1. The van der Waals surface area contributed by atoms with E-state index in [0.29, 0.717) is 13.2 Å². The Labute approximate surface area is 96.4 Å². The molecular weight excluding hydrogens is 202 g/mol. The van der Waals surface area contributed by atoms with Gasteiger partial charge in [0.05, 0.1) is 6.61 Å². The number of likely N-dealkylation sites (N-methyl/N-ethyl adjacent to an activating group) is 1. The van der Waals surface area contributed by atoms with Crippen LogP contribution in [0.15, 0.2) is 24.3 Å². The van der Waals surface area contributed by atoms with E-state index in [9.17, 15) is 5.11 Å². The van der Waals surface area contributed by atoms with Crippen LogP contribution < -0.4 is 10.1 Å². The average molecular weight is 221 g/mol. The highest BCUT2D eigenvalue weighted by Gasteiger charge is 2.40. The molecule has 1 aliphatic heterocycles. The molecule has 0 amide bonds. The standard InChI is InChI=1S/C13H19NO2/c1-3-14-9-13(15)10(2)8-16-12-7-5-4-6-11(12)13/h4-7,10,14-15H,3,8-9H2,1-2H3. The number of aliphatic hydroxyl groups is 1. The fourth-order valence-corrected chi connectivity index (χ4v) is 2.15. The highest BCUT2D eigenvalue weighted by atomic mass is 16.5. The number of rotatable bonds is 3. The normalized spacial score (nSPS) is 28.3. The zero-order chi connectivity index (χ0) is 11.6. The zero-order valence-electron chi connectivity index (χ0n) is 9.86. The summed E-state index contributed by atoms with van der Waals surface area (Å²) in [5.74, 6) is 0.905. The molecule has 16 heavy (non-hydrogen) atoms. The third-order valence-corrected chi connectivity index (χ3v) is 3.30. The first-order chi connectivity index (χ1) is 7.68. The number of para-hydroxylation sites is 1. The van der Waals surface area contributed by atoms with Crippen LogP contribution in [-0.4, -0.2) is 24.8 Å². The Hall–Kier alpha value is -1.06. The van der Waals surface area contributed by atoms with Crippen molar-refractivity contribution in [1.82, 2.24) is 5.32 Å². The lowest BCUT2D eigenvalue weighted by molar-refractivity contribution is -0.0494. The summed E-state index contributed by atoms with van der Waals surface area (Å²) in [5.41, 5.74) is 0.0832. The van der Waals surface area contributed by atoms with Gasteiger partial charge in [-0.1, -0.05) is 32.0 Å². The van der Waals surface area contributed by atoms with E-state index < -0.39 is 5.60 Å². The van der Waals surface area contributed by atoms with Crippen molar-refractivity contribution in [2.45, 2.75) is 19.4 Å². The van der Waals surface area contributed by atoms with Crippen LogP contribution in [0.1, 0.15) is 19.4 Å². The molecule has 0 aliphatic carbocycles. The van der Waals surface area contributed by atoms with Crippen molar-refractivity contribution in [3.05, 3.63) is 29.8 Å². The summed E-state index contributed by atoms with van der Waals surface area (Å²) in [7, 11) is 0. The number of hydrogen-bond acceptors (Lipinski definition) is 3. The molecule has 0 radical (unpaired) electrons. The summed E-state index contributed by atoms with van der Waals surface area (Å²) in [6, 6.07) is 7.74. The lowest BCUT2D eigenvalue weighted by Gasteiger charge is -2.39. The van der Waals surface area contributed by atoms with E-state index >= 15 is 0 Å². The molecular formula is C13H19NO2. The van der Waals surface area contributed by atoms with Gasteiger partial charge >= 0.3 is 0 Å². The quantitative estimate of drug-likeness (QED) is 0.813. The van der Waals surface area contributed by atoms with Gasteiger partial charge < -0.3 is 15.2 Å². The topological polar surface area (TPSA) is 41.5 Å². The molecule has 2 atom stereocenters. The fraction of sp³-hybridized carbons (Fsp3) is 0.538. The minimum absolute atomic E-state index is 0.0986. The maximum absolute atomic E-state index is 10.8. The Balaban J connectivity index is 2.35. The molecule has 0 spiro atoms. The van der Waals surface area contributed by atoms with Crippen molar-refractivity contribution >= 4 is 0 Å². The van der Waals surface area contributed by atoms with Crippen molar-refractivity contribution in [3.8, 4) is 5.75 Å². The van der Waals surface area contributed by atoms with E-state index in [1.807, 2.05) is 38.1 Å². The molecule has 1 aliphatic rings. The predicted octanol–water partition coefficient (Wildman–Crippen LogP) is 1.51. The Bertz CT molecular complexity index is 367. The molecule has 1 aromatic rings. The summed E-state index contributed by atoms with van der Waals surface area (Å²) in [6.45, 7) is 6.06. The van der Waals surface area contributed by atoms with Crippen LogP contribution in [0.25, 0.3) is 0 Å². The second kappa shape index (κ2) is 4.44. The van der Waals surface area contributed by atoms with E-state index in [4.69, 9.17) is 4.74 Å². The van der Waals surface area contributed by atoms with Gasteiger partial charge in [0.2, 0.25) is 0 Å². The van der Waals surface area contributed by atoms with Gasteiger partial charge in [0.15, 0.2) is 0 Å². The molecule has 0 saturated carbocycles. The molecule has 0 bridgehead atoms. The predicted molar refractivity (Wildman–Crippen MR) is 63.5 cm³/mol. The molecule has 0 aromatic heterocycles. The van der Waals surface area contributed by atoms with E-state index in [1.54, 1.807) is 0 Å². The highest BCUT2D eigenvalue weighted by Crippen LogP contribution is 2.39. The van der Waals surface area contributed by atoms with E-state index in [-0.39, 0.29) is 5.92 Å². The third-order valence-electron chi connectivity index (χ3n) is 3.30. The van der Waals surface area contributed by atoms with Crippen LogP contribution in [0.4, 0.5) is 0 Å². The molecule has 2 rings (SSSR count). The highest BCUT2D eigenvalue weighted by molar-refractivity contribution is 5.40. The molecule has 88 valence electrons. The van der Waals surface area contributed by atoms with Gasteiger partial charge in [-0.15, -0.1) is 0 Å². The molecule has 3 nitrogen and oxygen atoms in total. The monoisotopic (exact) mass is 221 g/mol. The molecule has 3 heteroatoms. The second-order valence-corrected chi connectivity index (χ2v) is 4.41. The van der Waals surface area contributed by atoms with Crippen LogP contribution in [0, 0.1) is 5.92 Å². The van der Waals surface area contributed by atoms with Gasteiger partial charge in [-0.25, -0.2) is 0 Å². The van der Waals surface area contributed by atoms with E-state index in [2.05, 4.69) is 5.32 Å². The van der Waals surface area contributed by atoms with Gasteiger partial charge in [0.25, 0.3) is 0 Å². The molecule has 1 heterocycles. The Morgan fingerprint density at radius 3 is 3.00 bits per heavy atom. The molecule has 0 saturated heterocycles. The SMILES string of the molecule is CCNCC1(O)c2ccccc2OCC1C. The van der Waals surface area contributed by atoms with Gasteiger partial charge in [0.1, 0.15) is 11.4 Å². The zero-order valence-corrected chi connectivity index (χ0v) is 9.86. The van der Waals surface area contributed by atoms with Crippen LogP contribution in [-0.2, 0) is 5.60 Å². The van der Waals surface area contributed by atoms with Gasteiger partial charge in [-0.05, 0) is 12.6 Å². The first-order valence-corrected chi connectivity index (χ1v) is 5.84. The number of nitrogens with one attached hydrogen (secondary N) is 1. The maximum Gasteiger partial charge on any atom is 0.125 e. The Morgan fingerprint density at radius 2 is 2.25 bits per heavy atom. The Morgan fingerprint density at radius 1 is 1.50 bits per heavy atom. The summed E-state index contributed by atoms with van der Waals surface area (Å²) in [6.07, 6.45) is 0. The molecule has 0 fully saturated rings. The Kier molecular flexibility index (Phi) is 3.17. The molecule has 1 aromatic carbocycles. The minimum Gasteiger partial charge on any atom is -0.493 e. The van der Waals surface area contributed by atoms with Crippen molar-refractivity contribution < 1.29 is 9.84 Å². The van der Waals surface area contributed by atoms with Crippen molar-refractivity contribution in [2.75, 3.05) is 19.7 Å².